The number of methoxy groups -OCH3 is 1. The first kappa shape index (κ1) is 15.2. The molecule has 0 fully saturated rings. The van der Waals surface area contributed by atoms with Gasteiger partial charge in [0, 0.05) is 6.08 Å². The Morgan fingerprint density at radius 2 is 1.71 bits per heavy atom. The Kier molecular flexibility index (Phi) is 15.4. The van der Waals surface area contributed by atoms with E-state index in [1.165, 1.54) is 32.8 Å². The molecular weight excluding hydrogens is 176 g/mol. The van der Waals surface area contributed by atoms with E-state index in [9.17, 15) is 4.79 Å². The van der Waals surface area contributed by atoms with E-state index < -0.39 is 5.97 Å². The van der Waals surface area contributed by atoms with Gasteiger partial charge in [-0.2, -0.15) is 0 Å². The lowest BCUT2D eigenvalue weighted by molar-refractivity contribution is -0.134. The van der Waals surface area contributed by atoms with Crippen LogP contribution in [0.3, 0.4) is 0 Å². The van der Waals surface area contributed by atoms with E-state index in [-0.39, 0.29) is 0 Å². The number of carbonyl (C=O) groups excluding carboxylic acids is 1. The van der Waals surface area contributed by atoms with E-state index in [0.717, 1.165) is 6.08 Å². The number of carbonyl (C=O) groups is 1. The van der Waals surface area contributed by atoms with Crippen LogP contribution >= 0.6 is 0 Å². The van der Waals surface area contributed by atoms with E-state index in [4.69, 9.17) is 0 Å². The Bertz CT molecular complexity index is 163. The van der Waals surface area contributed by atoms with Gasteiger partial charge in [-0.15, -0.1) is 13.2 Å². The minimum atomic E-state index is -0.394. The smallest absolute Gasteiger partial charge is 0.329 e. The van der Waals surface area contributed by atoms with Crippen LogP contribution in [-0.4, -0.2) is 13.1 Å². The van der Waals surface area contributed by atoms with Crippen molar-refractivity contribution in [2.45, 2.75) is 25.7 Å². The lowest BCUT2D eigenvalue weighted by Gasteiger charge is -1.97. The number of allylic oxidation sites excluding steroid dienone is 2. The predicted octanol–water partition coefficient (Wildman–Crippen LogP) is 3.26. The van der Waals surface area contributed by atoms with E-state index in [1.54, 1.807) is 0 Å². The molecule has 1 aliphatic rings. The molecule has 0 saturated carbocycles. The molecule has 80 valence electrons. The zero-order valence-corrected chi connectivity index (χ0v) is 9.00. The van der Waals surface area contributed by atoms with Crippen LogP contribution in [-0.2, 0) is 9.53 Å². The number of hydrogen-bond donors (Lipinski definition) is 0. The molecule has 2 heteroatoms. The monoisotopic (exact) mass is 196 g/mol. The standard InChI is InChI=1S/C6H10.C4H6O2.C2H4/c1-2-4-6-5-3-1;1-3-4(5)6-2;1-2/h1-2H,3-6H2;3H,1H2,2H3;1-2H2. The Hall–Kier alpha value is -1.31. The SMILES string of the molecule is C1=CCCCC1.C=C.C=CC(=O)OC. The number of esters is 1. The summed E-state index contributed by atoms with van der Waals surface area (Å²) in [6, 6.07) is 0. The average Bonchev–Trinajstić information content (AvgIpc) is 2.33. The summed E-state index contributed by atoms with van der Waals surface area (Å²) >= 11 is 0. The van der Waals surface area contributed by atoms with Gasteiger partial charge in [-0.25, -0.2) is 4.79 Å². The first-order chi connectivity index (χ1) is 6.81. The maximum absolute atomic E-state index is 9.84. The van der Waals surface area contributed by atoms with Gasteiger partial charge in [0.05, 0.1) is 7.11 Å². The normalized spacial score (nSPS) is 12.4. The van der Waals surface area contributed by atoms with Crippen molar-refractivity contribution in [3.8, 4) is 0 Å². The summed E-state index contributed by atoms with van der Waals surface area (Å²) in [5.74, 6) is -0.394. The molecule has 0 aromatic heterocycles. The van der Waals surface area contributed by atoms with Crippen LogP contribution in [0.15, 0.2) is 38.0 Å². The summed E-state index contributed by atoms with van der Waals surface area (Å²) in [5, 5.41) is 0. The van der Waals surface area contributed by atoms with Crippen molar-refractivity contribution >= 4 is 5.97 Å². The van der Waals surface area contributed by atoms with Crippen LogP contribution in [0, 0.1) is 0 Å². The van der Waals surface area contributed by atoms with E-state index >= 15 is 0 Å². The van der Waals surface area contributed by atoms with Crippen molar-refractivity contribution in [3.63, 3.8) is 0 Å². The Morgan fingerprint density at radius 1 is 1.29 bits per heavy atom. The van der Waals surface area contributed by atoms with Crippen molar-refractivity contribution in [1.82, 2.24) is 0 Å². The molecule has 0 radical (unpaired) electrons. The maximum atomic E-state index is 9.84. The molecule has 0 aromatic carbocycles. The lowest BCUT2D eigenvalue weighted by Crippen LogP contribution is -1.91. The topological polar surface area (TPSA) is 26.3 Å². The minimum Gasteiger partial charge on any atom is -0.466 e. The quantitative estimate of drug-likeness (QED) is 0.365. The highest BCUT2D eigenvalue weighted by Crippen LogP contribution is 2.07. The Morgan fingerprint density at radius 3 is 1.79 bits per heavy atom. The maximum Gasteiger partial charge on any atom is 0.329 e. The first-order valence-electron chi connectivity index (χ1n) is 4.66. The summed E-state index contributed by atoms with van der Waals surface area (Å²) in [6.07, 6.45) is 11.1. The molecule has 0 N–H and O–H groups in total. The predicted molar refractivity (Wildman–Crippen MR) is 61.1 cm³/mol. The largest absolute Gasteiger partial charge is 0.466 e. The molecule has 0 spiro atoms. The second-order valence-electron chi connectivity index (χ2n) is 2.48. The fraction of sp³-hybridized carbons (Fsp3) is 0.417. The zero-order chi connectivity index (χ0) is 11.2. The number of ether oxygens (including phenoxy) is 1. The van der Waals surface area contributed by atoms with Crippen molar-refractivity contribution in [1.29, 1.82) is 0 Å². The number of rotatable bonds is 1. The van der Waals surface area contributed by atoms with E-state index in [2.05, 4.69) is 36.6 Å². The fourth-order valence-electron chi connectivity index (χ4n) is 0.843. The van der Waals surface area contributed by atoms with Gasteiger partial charge in [0.25, 0.3) is 0 Å². The molecule has 0 atom stereocenters. The highest BCUT2D eigenvalue weighted by molar-refractivity contribution is 5.80. The van der Waals surface area contributed by atoms with Crippen molar-refractivity contribution in [2.24, 2.45) is 0 Å². The summed E-state index contributed by atoms with van der Waals surface area (Å²) in [5.41, 5.74) is 0. The van der Waals surface area contributed by atoms with Gasteiger partial charge in [-0.05, 0) is 25.7 Å². The van der Waals surface area contributed by atoms with Crippen LogP contribution in [0.2, 0.25) is 0 Å². The molecule has 0 bridgehead atoms. The average molecular weight is 196 g/mol. The molecule has 1 aliphatic carbocycles. The number of hydrogen-bond acceptors (Lipinski definition) is 2. The summed E-state index contributed by atoms with van der Waals surface area (Å²) in [4.78, 5) is 9.84. The molecule has 0 amide bonds. The third-order valence-electron chi connectivity index (χ3n) is 1.53. The lowest BCUT2D eigenvalue weighted by atomic mass is 10.1. The second kappa shape index (κ2) is 14.2. The summed E-state index contributed by atoms with van der Waals surface area (Å²) in [7, 11) is 1.31. The third kappa shape index (κ3) is 13.3. The van der Waals surface area contributed by atoms with Gasteiger partial charge in [0.1, 0.15) is 0 Å². The first-order valence-corrected chi connectivity index (χ1v) is 4.66. The Labute approximate surface area is 87.0 Å². The fourth-order valence-corrected chi connectivity index (χ4v) is 0.843. The van der Waals surface area contributed by atoms with E-state index in [0.29, 0.717) is 0 Å². The van der Waals surface area contributed by atoms with Crippen LogP contribution in [0.4, 0.5) is 0 Å². The molecule has 0 aromatic rings. The minimum absolute atomic E-state index is 0.394. The van der Waals surface area contributed by atoms with Crippen molar-refractivity contribution < 1.29 is 9.53 Å². The molecule has 0 unspecified atom stereocenters. The van der Waals surface area contributed by atoms with Crippen molar-refractivity contribution in [2.75, 3.05) is 7.11 Å². The van der Waals surface area contributed by atoms with E-state index in [1.807, 2.05) is 0 Å². The summed E-state index contributed by atoms with van der Waals surface area (Å²) < 4.78 is 4.14. The van der Waals surface area contributed by atoms with Crippen LogP contribution in [0.5, 0.6) is 0 Å². The second-order valence-corrected chi connectivity index (χ2v) is 2.48. The molecule has 0 aliphatic heterocycles. The summed E-state index contributed by atoms with van der Waals surface area (Å²) in [6.45, 7) is 9.16. The molecular formula is C12H20O2. The van der Waals surface area contributed by atoms with Gasteiger partial charge in [-0.1, -0.05) is 18.7 Å². The highest BCUT2D eigenvalue weighted by atomic mass is 16.5. The Balaban J connectivity index is 0. The van der Waals surface area contributed by atoms with Gasteiger partial charge < -0.3 is 4.74 Å². The van der Waals surface area contributed by atoms with Crippen LogP contribution in [0.1, 0.15) is 25.7 Å². The van der Waals surface area contributed by atoms with Gasteiger partial charge in [0.2, 0.25) is 0 Å². The molecule has 2 nitrogen and oxygen atoms in total. The highest BCUT2D eigenvalue weighted by Gasteiger charge is 1.87. The van der Waals surface area contributed by atoms with Crippen LogP contribution < -0.4 is 0 Å². The molecule has 0 heterocycles. The van der Waals surface area contributed by atoms with Gasteiger partial charge in [0.15, 0.2) is 0 Å². The molecule has 0 saturated heterocycles. The molecule has 14 heavy (non-hydrogen) atoms. The zero-order valence-electron chi connectivity index (χ0n) is 9.00. The third-order valence-corrected chi connectivity index (χ3v) is 1.53. The van der Waals surface area contributed by atoms with Gasteiger partial charge >= 0.3 is 5.97 Å². The van der Waals surface area contributed by atoms with Crippen molar-refractivity contribution in [3.05, 3.63) is 38.0 Å². The van der Waals surface area contributed by atoms with Gasteiger partial charge in [-0.3, -0.25) is 0 Å². The molecule has 1 rings (SSSR count). The van der Waals surface area contributed by atoms with Crippen LogP contribution in [0.25, 0.3) is 0 Å².